The van der Waals surface area contributed by atoms with Gasteiger partial charge in [0.1, 0.15) is 29.8 Å². The molecule has 0 saturated carbocycles. The second-order valence-electron chi connectivity index (χ2n) is 10.4. The highest BCUT2D eigenvalue weighted by molar-refractivity contribution is 5.96. The van der Waals surface area contributed by atoms with Crippen molar-refractivity contribution in [2.45, 2.75) is 44.0 Å². The van der Waals surface area contributed by atoms with Crippen molar-refractivity contribution in [2.75, 3.05) is 46.6 Å². The van der Waals surface area contributed by atoms with E-state index in [0.717, 1.165) is 5.56 Å². The van der Waals surface area contributed by atoms with Gasteiger partial charge >= 0.3 is 0 Å². The molecular formula is C30H37FN4O7. The third-order valence-corrected chi connectivity index (χ3v) is 7.11. The highest BCUT2D eigenvalue weighted by Gasteiger charge is 2.38. The number of methoxy groups -OCH3 is 1. The Kier molecular flexibility index (Phi) is 11.0. The molecule has 0 radical (unpaired) electrons. The van der Waals surface area contributed by atoms with Crippen molar-refractivity contribution < 1.29 is 37.8 Å². The molecule has 3 amide bonds. The molecule has 11 nitrogen and oxygen atoms in total. The number of rotatable bonds is 14. The van der Waals surface area contributed by atoms with Gasteiger partial charge in [-0.2, -0.15) is 0 Å². The summed E-state index contributed by atoms with van der Waals surface area (Å²) in [6.07, 6.45) is -0.476. The van der Waals surface area contributed by atoms with Crippen molar-refractivity contribution >= 4 is 23.5 Å². The summed E-state index contributed by atoms with van der Waals surface area (Å²) in [5.41, 5.74) is 1.26. The number of carbonyl (C=O) groups excluding carboxylic acids is 4. The number of hydrogen-bond donors (Lipinski definition) is 3. The number of nitrogens with zero attached hydrogens (tertiary/aromatic N) is 1. The lowest BCUT2D eigenvalue weighted by molar-refractivity contribution is -0.133. The van der Waals surface area contributed by atoms with Gasteiger partial charge in [0.15, 0.2) is 5.78 Å². The van der Waals surface area contributed by atoms with Crippen molar-refractivity contribution in [3.8, 4) is 5.75 Å². The van der Waals surface area contributed by atoms with Gasteiger partial charge in [-0.15, -0.1) is 0 Å². The molecule has 226 valence electrons. The summed E-state index contributed by atoms with van der Waals surface area (Å²) in [7, 11) is 1.54. The molecule has 3 N–H and O–H groups in total. The second-order valence-corrected chi connectivity index (χ2v) is 10.4. The molecule has 0 aromatic heterocycles. The van der Waals surface area contributed by atoms with Crippen LogP contribution in [0.3, 0.4) is 0 Å². The van der Waals surface area contributed by atoms with Crippen LogP contribution in [0.1, 0.15) is 18.1 Å². The van der Waals surface area contributed by atoms with Gasteiger partial charge < -0.3 is 30.2 Å². The fourth-order valence-corrected chi connectivity index (χ4v) is 4.65. The van der Waals surface area contributed by atoms with E-state index in [4.69, 9.17) is 14.2 Å². The fourth-order valence-electron chi connectivity index (χ4n) is 4.65. The zero-order valence-electron chi connectivity index (χ0n) is 23.8. The lowest BCUT2D eigenvalue weighted by Crippen LogP contribution is -2.57. The van der Waals surface area contributed by atoms with E-state index in [1.165, 1.54) is 25.1 Å². The predicted octanol–water partition coefficient (Wildman–Crippen LogP) is 0.394. The van der Waals surface area contributed by atoms with E-state index in [9.17, 15) is 23.6 Å². The van der Waals surface area contributed by atoms with Crippen molar-refractivity contribution in [2.24, 2.45) is 0 Å². The molecule has 42 heavy (non-hydrogen) atoms. The van der Waals surface area contributed by atoms with Crippen LogP contribution in [0.2, 0.25) is 0 Å². The average Bonchev–Trinajstić information content (AvgIpc) is 3.82. The van der Waals surface area contributed by atoms with Crippen molar-refractivity contribution in [3.63, 3.8) is 0 Å². The number of Topliss-reactive ketones (excluding diaryl/α,β-unsaturated/α-hetero) is 1. The molecule has 2 aromatic carbocycles. The van der Waals surface area contributed by atoms with Gasteiger partial charge in [0.05, 0.1) is 39.5 Å². The van der Waals surface area contributed by atoms with E-state index in [0.29, 0.717) is 37.6 Å². The Labute approximate surface area is 244 Å². The highest BCUT2D eigenvalue weighted by atomic mass is 19.1. The SMILES string of the molecule is COc1ccc(C[C@H](NC(=O)[C@H](C)NC(=O)CN2CCOCC2)C(=O)N[C@@H](Cc2cccc(F)c2)C(=O)[C@H]2CO2)cc1. The molecule has 2 aliphatic heterocycles. The maximum absolute atomic E-state index is 13.8. The molecule has 4 atom stereocenters. The number of halogens is 1. The first-order valence-corrected chi connectivity index (χ1v) is 13.9. The van der Waals surface area contributed by atoms with Crippen LogP contribution in [-0.4, -0.2) is 99.2 Å². The average molecular weight is 585 g/mol. The van der Waals surface area contributed by atoms with E-state index in [-0.39, 0.29) is 37.7 Å². The molecule has 2 fully saturated rings. The number of ether oxygens (including phenoxy) is 3. The molecule has 2 heterocycles. The topological polar surface area (TPSA) is 139 Å². The Balaban J connectivity index is 1.45. The Morgan fingerprint density at radius 2 is 1.62 bits per heavy atom. The van der Waals surface area contributed by atoms with E-state index in [2.05, 4.69) is 16.0 Å². The van der Waals surface area contributed by atoms with E-state index >= 15 is 0 Å². The molecule has 4 rings (SSSR count). The second kappa shape index (κ2) is 14.9. The first-order chi connectivity index (χ1) is 20.2. The molecule has 0 aliphatic carbocycles. The Bertz CT molecular complexity index is 1250. The van der Waals surface area contributed by atoms with Gasteiger partial charge in [-0.1, -0.05) is 24.3 Å². The minimum atomic E-state index is -1.08. The molecule has 2 aromatic rings. The zero-order valence-corrected chi connectivity index (χ0v) is 23.8. The van der Waals surface area contributed by atoms with Gasteiger partial charge in [0.2, 0.25) is 17.7 Å². The third-order valence-electron chi connectivity index (χ3n) is 7.11. The maximum Gasteiger partial charge on any atom is 0.243 e. The summed E-state index contributed by atoms with van der Waals surface area (Å²) in [5.74, 6) is -1.63. The Hall–Kier alpha value is -3.87. The molecule has 0 spiro atoms. The number of nitrogens with one attached hydrogen (secondary N) is 3. The molecule has 12 heteroatoms. The lowest BCUT2D eigenvalue weighted by atomic mass is 9.99. The normalized spacial score (nSPS) is 18.7. The summed E-state index contributed by atoms with van der Waals surface area (Å²) in [6, 6.07) is 9.82. The van der Waals surface area contributed by atoms with Crippen molar-refractivity contribution in [1.29, 1.82) is 0 Å². The molecule has 0 bridgehead atoms. The number of epoxide rings is 1. The van der Waals surface area contributed by atoms with Crippen LogP contribution < -0.4 is 20.7 Å². The number of carbonyl (C=O) groups is 4. The highest BCUT2D eigenvalue weighted by Crippen LogP contribution is 2.17. The number of amides is 3. The minimum absolute atomic E-state index is 0.0550. The number of benzene rings is 2. The largest absolute Gasteiger partial charge is 0.497 e. The Morgan fingerprint density at radius 3 is 2.26 bits per heavy atom. The van der Waals surface area contributed by atoms with Crippen LogP contribution in [0.25, 0.3) is 0 Å². The summed E-state index contributed by atoms with van der Waals surface area (Å²) in [6.45, 7) is 4.25. The van der Waals surface area contributed by atoms with Crippen LogP contribution >= 0.6 is 0 Å². The van der Waals surface area contributed by atoms with Gasteiger partial charge in [-0.3, -0.25) is 24.1 Å². The van der Waals surface area contributed by atoms with Crippen molar-refractivity contribution in [3.05, 3.63) is 65.5 Å². The van der Waals surface area contributed by atoms with E-state index in [1.807, 2.05) is 4.90 Å². The summed E-state index contributed by atoms with van der Waals surface area (Å²) in [4.78, 5) is 54.2. The van der Waals surface area contributed by atoms with Gasteiger partial charge in [0, 0.05) is 19.5 Å². The summed E-state index contributed by atoms with van der Waals surface area (Å²) < 4.78 is 29.5. The fraction of sp³-hybridized carbons (Fsp3) is 0.467. The predicted molar refractivity (Wildman–Crippen MR) is 150 cm³/mol. The van der Waals surface area contributed by atoms with Crippen LogP contribution in [-0.2, 0) is 41.5 Å². The third kappa shape index (κ3) is 9.33. The van der Waals surface area contributed by atoms with Crippen LogP contribution in [0.15, 0.2) is 48.5 Å². The van der Waals surface area contributed by atoms with Crippen LogP contribution in [0, 0.1) is 5.82 Å². The number of ketones is 1. The molecule has 2 saturated heterocycles. The quantitative estimate of drug-likeness (QED) is 0.271. The standard InChI is InChI=1S/C30H37FN4O7/c1-19(32-27(36)17-35-10-12-41-13-11-35)29(38)34-25(15-20-6-8-23(40-2)9-7-20)30(39)33-24(28(37)26-18-42-26)16-21-4-3-5-22(31)14-21/h3-9,14,19,24-26H,10-13,15-18H2,1-2H3,(H,32,36)(H,33,39)(H,34,38)/t19-,24-,25-,26+/m0/s1. The maximum atomic E-state index is 13.8. The van der Waals surface area contributed by atoms with E-state index < -0.39 is 41.9 Å². The van der Waals surface area contributed by atoms with Crippen molar-refractivity contribution in [1.82, 2.24) is 20.9 Å². The molecule has 0 unspecified atom stereocenters. The van der Waals surface area contributed by atoms with Gasteiger partial charge in [-0.05, 0) is 48.7 Å². The monoisotopic (exact) mass is 584 g/mol. The molecule has 2 aliphatic rings. The van der Waals surface area contributed by atoms with Crippen LogP contribution in [0.4, 0.5) is 4.39 Å². The van der Waals surface area contributed by atoms with Crippen LogP contribution in [0.5, 0.6) is 5.75 Å². The summed E-state index contributed by atoms with van der Waals surface area (Å²) >= 11 is 0. The van der Waals surface area contributed by atoms with E-state index in [1.54, 1.807) is 37.4 Å². The van der Waals surface area contributed by atoms with Gasteiger partial charge in [0.25, 0.3) is 0 Å². The number of hydrogen-bond acceptors (Lipinski definition) is 8. The summed E-state index contributed by atoms with van der Waals surface area (Å²) in [5, 5.41) is 8.17. The molecular weight excluding hydrogens is 547 g/mol. The first kappa shape index (κ1) is 31.1. The lowest BCUT2D eigenvalue weighted by Gasteiger charge is -2.27. The smallest absolute Gasteiger partial charge is 0.243 e. The zero-order chi connectivity index (χ0) is 30.1. The first-order valence-electron chi connectivity index (χ1n) is 13.9. The van der Waals surface area contributed by atoms with Gasteiger partial charge in [-0.25, -0.2) is 4.39 Å². The Morgan fingerprint density at radius 1 is 0.952 bits per heavy atom. The number of morpholine rings is 1. The minimum Gasteiger partial charge on any atom is -0.497 e.